The fourth-order valence-electron chi connectivity index (χ4n) is 5.24. The van der Waals surface area contributed by atoms with Crippen LogP contribution < -0.4 is 16.0 Å². The fraction of sp³-hybridized carbons (Fsp3) is 0.357. The number of aromatic amines is 2. The zero-order chi connectivity index (χ0) is 25.6. The smallest absolute Gasteiger partial charge is 0.277 e. The van der Waals surface area contributed by atoms with Crippen molar-refractivity contribution in [3.05, 3.63) is 53.7 Å². The molecular formula is C28H30N6O3. The van der Waals surface area contributed by atoms with Crippen LogP contribution in [0.2, 0.25) is 0 Å². The summed E-state index contributed by atoms with van der Waals surface area (Å²) in [5.74, 6) is -0.359. The van der Waals surface area contributed by atoms with Crippen molar-refractivity contribution in [2.75, 3.05) is 10.6 Å². The van der Waals surface area contributed by atoms with E-state index in [0.29, 0.717) is 33.4 Å². The van der Waals surface area contributed by atoms with Gasteiger partial charge in [-0.1, -0.05) is 44.4 Å². The third-order valence-corrected chi connectivity index (χ3v) is 7.63. The molecule has 5 N–H and O–H groups in total. The number of anilines is 2. The normalized spacial score (nSPS) is 17.0. The van der Waals surface area contributed by atoms with Crippen molar-refractivity contribution < 1.29 is 14.4 Å². The minimum Gasteiger partial charge on any atom is -0.349 e. The standard InChI is InChI=1S/C28H30N6O3/c1-28(13-5-2-6-14-28)27(37)30-17-11-12-18-21(15-17)31-24(22(18)25(35)29-16-9-10-16)32-26(36)23-19-7-3-4-8-20(19)33-34-23/h3-4,7-8,11-12,15-16,31H,2,5-6,9-10,13-14H2,1H3,(H,29,35)(H,30,37)(H,32,36)(H,33,34). The monoisotopic (exact) mass is 498 g/mol. The molecule has 2 fully saturated rings. The Bertz CT molecular complexity index is 1520. The molecule has 2 aliphatic rings. The molecule has 9 heteroatoms. The molecule has 4 aromatic rings. The Labute approximate surface area is 213 Å². The van der Waals surface area contributed by atoms with Gasteiger partial charge in [-0.3, -0.25) is 19.5 Å². The number of H-pyrrole nitrogens is 2. The first-order chi connectivity index (χ1) is 17.9. The highest BCUT2D eigenvalue weighted by Crippen LogP contribution is 2.37. The Morgan fingerprint density at radius 1 is 0.919 bits per heavy atom. The molecule has 190 valence electrons. The molecule has 0 saturated heterocycles. The molecule has 2 aliphatic carbocycles. The summed E-state index contributed by atoms with van der Waals surface area (Å²) in [4.78, 5) is 42.7. The first kappa shape index (κ1) is 23.3. The molecular weight excluding hydrogens is 468 g/mol. The van der Waals surface area contributed by atoms with E-state index in [-0.39, 0.29) is 29.0 Å². The summed E-state index contributed by atoms with van der Waals surface area (Å²) < 4.78 is 0. The van der Waals surface area contributed by atoms with E-state index < -0.39 is 5.91 Å². The van der Waals surface area contributed by atoms with Crippen molar-refractivity contribution in [2.45, 2.75) is 57.9 Å². The zero-order valence-electron chi connectivity index (χ0n) is 20.7. The van der Waals surface area contributed by atoms with Crippen LogP contribution in [0.15, 0.2) is 42.5 Å². The summed E-state index contributed by atoms with van der Waals surface area (Å²) in [6.45, 7) is 2.03. The summed E-state index contributed by atoms with van der Waals surface area (Å²) in [5, 5.41) is 17.4. The van der Waals surface area contributed by atoms with Gasteiger partial charge in [-0.15, -0.1) is 0 Å². The van der Waals surface area contributed by atoms with Crippen LogP contribution in [0.3, 0.4) is 0 Å². The van der Waals surface area contributed by atoms with E-state index in [4.69, 9.17) is 0 Å². The van der Waals surface area contributed by atoms with Crippen LogP contribution in [0.1, 0.15) is 72.7 Å². The molecule has 0 unspecified atom stereocenters. The molecule has 2 heterocycles. The maximum absolute atomic E-state index is 13.2. The molecule has 2 aromatic carbocycles. The number of para-hydroxylation sites is 1. The lowest BCUT2D eigenvalue weighted by Crippen LogP contribution is -2.35. The lowest BCUT2D eigenvalue weighted by molar-refractivity contribution is -0.126. The van der Waals surface area contributed by atoms with Crippen LogP contribution in [0, 0.1) is 5.41 Å². The molecule has 9 nitrogen and oxygen atoms in total. The second-order valence-corrected chi connectivity index (χ2v) is 10.5. The number of rotatable bonds is 6. The lowest BCUT2D eigenvalue weighted by Gasteiger charge is -2.32. The summed E-state index contributed by atoms with van der Waals surface area (Å²) >= 11 is 0. The topological polar surface area (TPSA) is 132 Å². The highest BCUT2D eigenvalue weighted by molar-refractivity contribution is 6.17. The molecule has 2 aromatic heterocycles. The van der Waals surface area contributed by atoms with Crippen molar-refractivity contribution in [2.24, 2.45) is 5.41 Å². The highest BCUT2D eigenvalue weighted by atomic mass is 16.2. The van der Waals surface area contributed by atoms with E-state index in [1.54, 1.807) is 6.07 Å². The van der Waals surface area contributed by atoms with E-state index in [0.717, 1.165) is 44.0 Å². The van der Waals surface area contributed by atoms with Gasteiger partial charge in [0, 0.05) is 33.4 Å². The molecule has 3 amide bonds. The van der Waals surface area contributed by atoms with Gasteiger partial charge in [0.25, 0.3) is 11.8 Å². The second-order valence-electron chi connectivity index (χ2n) is 10.5. The van der Waals surface area contributed by atoms with Crippen molar-refractivity contribution in [3.8, 4) is 0 Å². The van der Waals surface area contributed by atoms with E-state index in [1.165, 1.54) is 6.42 Å². The van der Waals surface area contributed by atoms with Crippen molar-refractivity contribution in [1.82, 2.24) is 20.5 Å². The van der Waals surface area contributed by atoms with Crippen LogP contribution in [0.5, 0.6) is 0 Å². The molecule has 2 saturated carbocycles. The Morgan fingerprint density at radius 2 is 1.70 bits per heavy atom. The van der Waals surface area contributed by atoms with E-state index in [1.807, 2.05) is 43.3 Å². The first-order valence-electron chi connectivity index (χ1n) is 12.9. The minimum absolute atomic E-state index is 0.0174. The summed E-state index contributed by atoms with van der Waals surface area (Å²) in [7, 11) is 0. The summed E-state index contributed by atoms with van der Waals surface area (Å²) in [6.07, 6.45) is 6.96. The summed E-state index contributed by atoms with van der Waals surface area (Å²) in [5.41, 5.74) is 2.29. The average Bonchev–Trinajstić information content (AvgIpc) is 3.47. The third kappa shape index (κ3) is 4.45. The maximum atomic E-state index is 13.2. The Hall–Kier alpha value is -4.14. The zero-order valence-corrected chi connectivity index (χ0v) is 20.7. The van der Waals surface area contributed by atoms with Crippen molar-refractivity contribution >= 4 is 51.0 Å². The number of aromatic nitrogens is 3. The lowest BCUT2D eigenvalue weighted by atomic mass is 9.75. The number of nitrogens with one attached hydrogen (secondary N) is 5. The predicted octanol–water partition coefficient (Wildman–Crippen LogP) is 5.10. The predicted molar refractivity (Wildman–Crippen MR) is 143 cm³/mol. The fourth-order valence-corrected chi connectivity index (χ4v) is 5.24. The van der Waals surface area contributed by atoms with Crippen LogP contribution in [-0.2, 0) is 4.79 Å². The molecule has 0 aliphatic heterocycles. The SMILES string of the molecule is CC1(C(=O)Nc2ccc3c(C(=O)NC4CC4)c(NC(=O)c4n[nH]c5ccccc45)[nH]c3c2)CCCCC1. The van der Waals surface area contributed by atoms with E-state index in [2.05, 4.69) is 31.1 Å². The van der Waals surface area contributed by atoms with Gasteiger partial charge < -0.3 is 20.9 Å². The van der Waals surface area contributed by atoms with Gasteiger partial charge >= 0.3 is 0 Å². The van der Waals surface area contributed by atoms with Gasteiger partial charge in [0.05, 0.1) is 11.1 Å². The molecule has 0 radical (unpaired) electrons. The Kier molecular flexibility index (Phi) is 5.70. The van der Waals surface area contributed by atoms with Crippen LogP contribution in [0.4, 0.5) is 11.5 Å². The quantitative estimate of drug-likeness (QED) is 0.253. The third-order valence-electron chi connectivity index (χ3n) is 7.63. The van der Waals surface area contributed by atoms with Gasteiger partial charge in [0.2, 0.25) is 5.91 Å². The van der Waals surface area contributed by atoms with Gasteiger partial charge in [0.15, 0.2) is 5.69 Å². The number of nitrogens with zero attached hydrogens (tertiary/aromatic N) is 1. The van der Waals surface area contributed by atoms with E-state index in [9.17, 15) is 14.4 Å². The van der Waals surface area contributed by atoms with Crippen molar-refractivity contribution in [1.29, 1.82) is 0 Å². The number of hydrogen-bond acceptors (Lipinski definition) is 4. The van der Waals surface area contributed by atoms with E-state index >= 15 is 0 Å². The first-order valence-corrected chi connectivity index (χ1v) is 12.9. The van der Waals surface area contributed by atoms with Crippen LogP contribution in [0.25, 0.3) is 21.8 Å². The largest absolute Gasteiger partial charge is 0.349 e. The molecule has 0 atom stereocenters. The number of hydrogen-bond donors (Lipinski definition) is 5. The molecule has 6 rings (SSSR count). The van der Waals surface area contributed by atoms with Crippen LogP contribution >= 0.6 is 0 Å². The Morgan fingerprint density at radius 3 is 2.49 bits per heavy atom. The second kappa shape index (κ2) is 9.06. The minimum atomic E-state index is -0.428. The Balaban J connectivity index is 1.32. The number of carbonyl (C=O) groups is 3. The van der Waals surface area contributed by atoms with Gasteiger partial charge in [-0.25, -0.2) is 0 Å². The van der Waals surface area contributed by atoms with Crippen molar-refractivity contribution in [3.63, 3.8) is 0 Å². The number of fused-ring (bicyclic) bond motifs is 2. The maximum Gasteiger partial charge on any atom is 0.277 e. The van der Waals surface area contributed by atoms with Gasteiger partial charge in [-0.05, 0) is 49.9 Å². The molecule has 37 heavy (non-hydrogen) atoms. The molecule has 0 spiro atoms. The number of amides is 3. The average molecular weight is 499 g/mol. The van der Waals surface area contributed by atoms with Gasteiger partial charge in [0.1, 0.15) is 5.82 Å². The number of benzene rings is 2. The number of carbonyl (C=O) groups excluding carboxylic acids is 3. The summed E-state index contributed by atoms with van der Waals surface area (Å²) in [6, 6.07) is 13.0. The molecule has 0 bridgehead atoms. The van der Waals surface area contributed by atoms with Gasteiger partial charge in [-0.2, -0.15) is 5.10 Å². The van der Waals surface area contributed by atoms with Crippen LogP contribution in [-0.4, -0.2) is 38.9 Å². The highest BCUT2D eigenvalue weighted by Gasteiger charge is 2.34.